The summed E-state index contributed by atoms with van der Waals surface area (Å²) in [5.41, 5.74) is 0.634. The molecule has 2 atom stereocenters. The molecule has 0 aromatic carbocycles. The average molecular weight is 322 g/mol. The van der Waals surface area contributed by atoms with Crippen molar-refractivity contribution in [2.75, 3.05) is 13.2 Å². The topological polar surface area (TPSA) is 54.6 Å². The number of aromatic nitrogens is 1. The first kappa shape index (κ1) is 17.9. The van der Waals surface area contributed by atoms with E-state index in [-0.39, 0.29) is 18.2 Å². The van der Waals surface area contributed by atoms with Gasteiger partial charge < -0.3 is 19.4 Å². The van der Waals surface area contributed by atoms with Gasteiger partial charge in [-0.1, -0.05) is 0 Å². The van der Waals surface area contributed by atoms with Crippen LogP contribution in [0.5, 0.6) is 0 Å². The minimum Gasteiger partial charge on any atom is -0.444 e. The van der Waals surface area contributed by atoms with Crippen LogP contribution >= 0.6 is 0 Å². The second kappa shape index (κ2) is 7.86. The molecule has 2 heterocycles. The van der Waals surface area contributed by atoms with Crippen molar-refractivity contribution in [3.63, 3.8) is 0 Å². The molecular formula is C18H30N2O3. The highest BCUT2D eigenvalue weighted by molar-refractivity contribution is 5.68. The van der Waals surface area contributed by atoms with E-state index in [1.165, 1.54) is 0 Å². The zero-order chi connectivity index (χ0) is 16.9. The molecular weight excluding hydrogens is 292 g/mol. The van der Waals surface area contributed by atoms with Crippen LogP contribution in [0, 0.1) is 0 Å². The van der Waals surface area contributed by atoms with Gasteiger partial charge >= 0.3 is 6.09 Å². The second-order valence-corrected chi connectivity index (χ2v) is 7.25. The van der Waals surface area contributed by atoms with Gasteiger partial charge in [-0.25, -0.2) is 4.79 Å². The van der Waals surface area contributed by atoms with Gasteiger partial charge in [-0.2, -0.15) is 0 Å². The molecule has 1 aliphatic rings. The van der Waals surface area contributed by atoms with Crippen molar-refractivity contribution in [3.8, 4) is 0 Å². The van der Waals surface area contributed by atoms with Gasteiger partial charge in [0.1, 0.15) is 5.60 Å². The first-order chi connectivity index (χ1) is 10.9. The average Bonchev–Trinajstić information content (AvgIpc) is 3.00. The first-order valence-electron chi connectivity index (χ1n) is 8.61. The molecule has 0 radical (unpaired) electrons. The number of ether oxygens (including phenoxy) is 2. The number of nitrogens with zero attached hydrogens (tertiary/aromatic N) is 1. The van der Waals surface area contributed by atoms with Crippen LogP contribution < -0.4 is 0 Å². The smallest absolute Gasteiger partial charge is 0.410 e. The lowest BCUT2D eigenvalue weighted by Gasteiger charge is -2.37. The van der Waals surface area contributed by atoms with Crippen LogP contribution in [0.2, 0.25) is 0 Å². The molecule has 5 heteroatoms. The Balaban J connectivity index is 1.82. The summed E-state index contributed by atoms with van der Waals surface area (Å²) in [6.07, 6.45) is 5.85. The fourth-order valence-electron chi connectivity index (χ4n) is 2.93. The van der Waals surface area contributed by atoms with Crippen LogP contribution in [0.15, 0.2) is 18.3 Å². The molecule has 1 saturated heterocycles. The highest BCUT2D eigenvalue weighted by Gasteiger charge is 2.30. The van der Waals surface area contributed by atoms with E-state index in [2.05, 4.69) is 4.98 Å². The number of rotatable bonds is 5. The van der Waals surface area contributed by atoms with Crippen LogP contribution in [-0.4, -0.2) is 40.8 Å². The number of hydrogen-bond acceptors (Lipinski definition) is 3. The maximum Gasteiger partial charge on any atom is 0.410 e. The number of nitrogens with one attached hydrogen (secondary N) is 1. The van der Waals surface area contributed by atoms with Gasteiger partial charge in [0.25, 0.3) is 0 Å². The molecule has 1 aromatic heterocycles. The Hall–Kier alpha value is -1.49. The van der Waals surface area contributed by atoms with Crippen molar-refractivity contribution in [1.82, 2.24) is 9.88 Å². The van der Waals surface area contributed by atoms with Crippen LogP contribution in [-0.2, 0) is 9.47 Å². The van der Waals surface area contributed by atoms with Gasteiger partial charge in [0, 0.05) is 31.1 Å². The zero-order valence-electron chi connectivity index (χ0n) is 14.8. The monoisotopic (exact) mass is 322 g/mol. The Morgan fingerprint density at radius 3 is 2.87 bits per heavy atom. The third-order valence-corrected chi connectivity index (χ3v) is 4.13. The van der Waals surface area contributed by atoms with Crippen LogP contribution in [0.1, 0.15) is 65.2 Å². The Morgan fingerprint density at radius 1 is 1.43 bits per heavy atom. The first-order valence-corrected chi connectivity index (χ1v) is 8.61. The number of aromatic amines is 1. The summed E-state index contributed by atoms with van der Waals surface area (Å²) in [7, 11) is 0. The molecule has 0 aliphatic carbocycles. The lowest BCUT2D eigenvalue weighted by Crippen LogP contribution is -2.46. The fourth-order valence-corrected chi connectivity index (χ4v) is 2.93. The van der Waals surface area contributed by atoms with E-state index >= 15 is 0 Å². The molecule has 1 N–H and O–H groups in total. The lowest BCUT2D eigenvalue weighted by molar-refractivity contribution is -0.000561. The van der Waals surface area contributed by atoms with Crippen molar-refractivity contribution in [2.24, 2.45) is 0 Å². The molecule has 0 spiro atoms. The second-order valence-electron chi connectivity index (χ2n) is 7.25. The summed E-state index contributed by atoms with van der Waals surface area (Å²) >= 11 is 0. The fraction of sp³-hybridized carbons (Fsp3) is 0.722. The predicted octanol–water partition coefficient (Wildman–Crippen LogP) is 4.27. The lowest BCUT2D eigenvalue weighted by atomic mass is 10.0. The number of amides is 1. The van der Waals surface area contributed by atoms with E-state index in [0.29, 0.717) is 6.61 Å². The van der Waals surface area contributed by atoms with Crippen molar-refractivity contribution >= 4 is 6.09 Å². The maximum atomic E-state index is 12.4. The molecule has 1 aromatic rings. The molecule has 23 heavy (non-hydrogen) atoms. The number of carbonyl (C=O) groups is 1. The summed E-state index contributed by atoms with van der Waals surface area (Å²) in [6.45, 7) is 9.19. The van der Waals surface area contributed by atoms with E-state index in [4.69, 9.17) is 9.47 Å². The number of carbonyl (C=O) groups excluding carboxylic acids is 1. The van der Waals surface area contributed by atoms with Crippen LogP contribution in [0.25, 0.3) is 0 Å². The summed E-state index contributed by atoms with van der Waals surface area (Å²) < 4.78 is 11.4. The zero-order valence-corrected chi connectivity index (χ0v) is 14.8. The third kappa shape index (κ3) is 5.57. The molecule has 2 rings (SSSR count). The highest BCUT2D eigenvalue weighted by atomic mass is 16.6. The standard InChI is InChI=1S/C18H30N2O3/c1-14(16-9-7-11-19-16)22-13-10-15-8-5-6-12-20(15)17(21)23-18(2,3)4/h7,9,11,14-15,19H,5-6,8,10,12-13H2,1-4H3/t14-,15+/m1/s1. The van der Waals surface area contributed by atoms with Crippen LogP contribution in [0.3, 0.4) is 0 Å². The van der Waals surface area contributed by atoms with E-state index in [0.717, 1.165) is 37.9 Å². The van der Waals surface area contributed by atoms with E-state index in [1.807, 2.05) is 50.9 Å². The molecule has 1 amide bonds. The van der Waals surface area contributed by atoms with Gasteiger partial charge in [-0.15, -0.1) is 0 Å². The van der Waals surface area contributed by atoms with Crippen LogP contribution in [0.4, 0.5) is 4.79 Å². The number of H-pyrrole nitrogens is 1. The molecule has 1 aliphatic heterocycles. The summed E-state index contributed by atoms with van der Waals surface area (Å²) in [6, 6.07) is 4.22. The van der Waals surface area contributed by atoms with E-state index < -0.39 is 5.60 Å². The summed E-state index contributed by atoms with van der Waals surface area (Å²) in [5, 5.41) is 0. The number of hydrogen-bond donors (Lipinski definition) is 1. The SMILES string of the molecule is C[C@@H](OCC[C@@H]1CCCCN1C(=O)OC(C)(C)C)c1ccc[nH]1. The predicted molar refractivity (Wildman–Crippen MR) is 90.4 cm³/mol. The Labute approximate surface area is 139 Å². The van der Waals surface area contributed by atoms with Gasteiger partial charge in [0.15, 0.2) is 0 Å². The molecule has 0 unspecified atom stereocenters. The van der Waals surface area contributed by atoms with Crippen molar-refractivity contribution < 1.29 is 14.3 Å². The largest absolute Gasteiger partial charge is 0.444 e. The maximum absolute atomic E-state index is 12.4. The molecule has 1 fully saturated rings. The number of likely N-dealkylation sites (tertiary alicyclic amines) is 1. The molecule has 5 nitrogen and oxygen atoms in total. The van der Waals surface area contributed by atoms with Gasteiger partial charge in [-0.05, 0) is 65.5 Å². The molecule has 0 bridgehead atoms. The number of piperidine rings is 1. The van der Waals surface area contributed by atoms with E-state index in [9.17, 15) is 4.79 Å². The van der Waals surface area contributed by atoms with Gasteiger partial charge in [-0.3, -0.25) is 0 Å². The Kier molecular flexibility index (Phi) is 6.10. The molecule has 0 saturated carbocycles. The quantitative estimate of drug-likeness (QED) is 0.880. The Morgan fingerprint density at radius 2 is 2.22 bits per heavy atom. The van der Waals surface area contributed by atoms with Crippen molar-refractivity contribution in [3.05, 3.63) is 24.0 Å². The minimum atomic E-state index is -0.447. The van der Waals surface area contributed by atoms with Gasteiger partial charge in [0.05, 0.1) is 6.10 Å². The third-order valence-electron chi connectivity index (χ3n) is 4.13. The van der Waals surface area contributed by atoms with E-state index in [1.54, 1.807) is 0 Å². The highest BCUT2D eigenvalue weighted by Crippen LogP contribution is 2.23. The minimum absolute atomic E-state index is 0.0450. The molecule has 130 valence electrons. The Bertz CT molecular complexity index is 479. The van der Waals surface area contributed by atoms with Gasteiger partial charge in [0.2, 0.25) is 0 Å². The summed E-state index contributed by atoms with van der Waals surface area (Å²) in [4.78, 5) is 17.4. The summed E-state index contributed by atoms with van der Waals surface area (Å²) in [5.74, 6) is 0. The normalized spacial score (nSPS) is 20.3. The van der Waals surface area contributed by atoms with Crippen molar-refractivity contribution in [1.29, 1.82) is 0 Å². The van der Waals surface area contributed by atoms with Crippen molar-refractivity contribution in [2.45, 2.75) is 71.1 Å².